The van der Waals surface area contributed by atoms with E-state index < -0.39 is 29.2 Å². The van der Waals surface area contributed by atoms with Gasteiger partial charge in [0.1, 0.15) is 0 Å². The molecule has 0 aliphatic carbocycles. The van der Waals surface area contributed by atoms with Crippen molar-refractivity contribution in [3.05, 3.63) is 29.3 Å². The maximum atomic E-state index is 13.0. The Labute approximate surface area is 111 Å². The Balaban J connectivity index is 2.65. The van der Waals surface area contributed by atoms with Crippen molar-refractivity contribution in [2.24, 2.45) is 0 Å². The van der Waals surface area contributed by atoms with Crippen LogP contribution in [-0.2, 0) is 15.1 Å². The summed E-state index contributed by atoms with van der Waals surface area (Å²) >= 11 is 0. The number of carbonyl (C=O) groups excluding carboxylic acids is 2. The van der Waals surface area contributed by atoms with E-state index in [1.807, 2.05) is 0 Å². The molecule has 1 aromatic rings. The van der Waals surface area contributed by atoms with Crippen LogP contribution in [0.5, 0.6) is 0 Å². The molecule has 0 radical (unpaired) electrons. The second kappa shape index (κ2) is 4.20. The summed E-state index contributed by atoms with van der Waals surface area (Å²) in [6, 6.07) is 3.03. The average Bonchev–Trinajstić information content (AvgIpc) is 2.60. The maximum Gasteiger partial charge on any atom is 0.430 e. The highest BCUT2D eigenvalue weighted by atomic mass is 19.4. The Bertz CT molecular complexity index is 599. The van der Waals surface area contributed by atoms with Gasteiger partial charge in [0.05, 0.1) is 18.4 Å². The monoisotopic (exact) mass is 289 g/mol. The van der Waals surface area contributed by atoms with Crippen LogP contribution in [0.1, 0.15) is 15.9 Å². The largest absolute Gasteiger partial charge is 0.465 e. The summed E-state index contributed by atoms with van der Waals surface area (Å²) in [5, 5.41) is 9.77. The van der Waals surface area contributed by atoms with Gasteiger partial charge in [0.2, 0.25) is 0 Å². The van der Waals surface area contributed by atoms with Gasteiger partial charge in [-0.3, -0.25) is 4.79 Å². The maximum absolute atomic E-state index is 13.0. The van der Waals surface area contributed by atoms with E-state index in [1.54, 1.807) is 0 Å². The van der Waals surface area contributed by atoms with Crippen molar-refractivity contribution in [2.45, 2.75) is 11.8 Å². The van der Waals surface area contributed by atoms with Crippen LogP contribution >= 0.6 is 0 Å². The minimum absolute atomic E-state index is 0.0164. The summed E-state index contributed by atoms with van der Waals surface area (Å²) in [5.41, 5.74) is -4.40. The predicted octanol–water partition coefficient (Wildman–Crippen LogP) is 1.20. The van der Waals surface area contributed by atoms with Gasteiger partial charge >= 0.3 is 12.1 Å². The minimum Gasteiger partial charge on any atom is -0.465 e. The fourth-order valence-electron chi connectivity index (χ4n) is 2.10. The fraction of sp³-hybridized carbons (Fsp3) is 0.333. The van der Waals surface area contributed by atoms with Gasteiger partial charge in [-0.1, -0.05) is 6.07 Å². The number of alkyl halides is 3. The molecule has 0 aromatic heterocycles. The van der Waals surface area contributed by atoms with Crippen molar-refractivity contribution >= 4 is 17.6 Å². The van der Waals surface area contributed by atoms with Crippen LogP contribution in [0.2, 0.25) is 0 Å². The third-order valence-corrected chi connectivity index (χ3v) is 3.19. The molecule has 5 nitrogen and oxygen atoms in total. The number of likely N-dealkylation sites (N-methyl/N-ethyl adjacent to an activating group) is 1. The first-order valence-corrected chi connectivity index (χ1v) is 5.44. The van der Waals surface area contributed by atoms with E-state index in [4.69, 9.17) is 0 Å². The van der Waals surface area contributed by atoms with Gasteiger partial charge in [0.15, 0.2) is 0 Å². The van der Waals surface area contributed by atoms with Crippen LogP contribution < -0.4 is 4.90 Å². The average molecular weight is 289 g/mol. The molecular weight excluding hydrogens is 279 g/mol. The molecule has 1 aliphatic rings. The molecule has 20 heavy (non-hydrogen) atoms. The number of methoxy groups -OCH3 is 1. The molecule has 0 saturated carbocycles. The Morgan fingerprint density at radius 1 is 1.40 bits per heavy atom. The molecule has 1 atom stereocenters. The number of rotatable bonds is 1. The number of hydrogen-bond donors (Lipinski definition) is 1. The molecule has 0 fully saturated rings. The molecule has 0 saturated heterocycles. The quantitative estimate of drug-likeness (QED) is 0.789. The van der Waals surface area contributed by atoms with Gasteiger partial charge in [0, 0.05) is 12.6 Å². The highest BCUT2D eigenvalue weighted by molar-refractivity contribution is 6.08. The van der Waals surface area contributed by atoms with Crippen molar-refractivity contribution in [1.82, 2.24) is 0 Å². The van der Waals surface area contributed by atoms with Gasteiger partial charge in [0.25, 0.3) is 11.5 Å². The molecule has 108 valence electrons. The summed E-state index contributed by atoms with van der Waals surface area (Å²) in [4.78, 5) is 23.7. The molecule has 1 unspecified atom stereocenters. The molecule has 1 heterocycles. The molecule has 1 N–H and O–H groups in total. The van der Waals surface area contributed by atoms with Crippen LogP contribution in [0.3, 0.4) is 0 Å². The van der Waals surface area contributed by atoms with Crippen molar-refractivity contribution in [3.8, 4) is 0 Å². The van der Waals surface area contributed by atoms with Gasteiger partial charge in [-0.2, -0.15) is 13.2 Å². The number of anilines is 1. The molecule has 1 aromatic carbocycles. The number of esters is 1. The first-order valence-electron chi connectivity index (χ1n) is 5.44. The van der Waals surface area contributed by atoms with Crippen molar-refractivity contribution in [3.63, 3.8) is 0 Å². The van der Waals surface area contributed by atoms with E-state index in [-0.39, 0.29) is 11.3 Å². The van der Waals surface area contributed by atoms with Crippen LogP contribution in [0.4, 0.5) is 18.9 Å². The number of fused-ring (bicyclic) bond motifs is 1. The number of benzene rings is 1. The van der Waals surface area contributed by atoms with Gasteiger partial charge < -0.3 is 14.7 Å². The van der Waals surface area contributed by atoms with E-state index in [1.165, 1.54) is 0 Å². The Morgan fingerprint density at radius 2 is 2.00 bits per heavy atom. The number of ether oxygens (including phenoxy) is 1. The number of aliphatic hydroxyl groups is 1. The van der Waals surface area contributed by atoms with E-state index in [9.17, 15) is 27.9 Å². The standard InChI is InChI=1S/C12H10F3NO4/c1-16-8-5-6(9(17)20-2)3-4-7(8)11(19,10(16)18)12(13,14)15/h3-5,19H,1-2H3. The van der Waals surface area contributed by atoms with E-state index in [0.29, 0.717) is 4.90 Å². The van der Waals surface area contributed by atoms with E-state index in [0.717, 1.165) is 32.4 Å². The minimum atomic E-state index is -5.16. The lowest BCUT2D eigenvalue weighted by Crippen LogP contribution is -2.49. The summed E-state index contributed by atoms with van der Waals surface area (Å²) in [6.45, 7) is 0. The Hall–Kier alpha value is -2.09. The number of hydrogen-bond acceptors (Lipinski definition) is 4. The summed E-state index contributed by atoms with van der Waals surface area (Å²) in [5.74, 6) is -2.27. The molecule has 1 aliphatic heterocycles. The van der Waals surface area contributed by atoms with Crippen LogP contribution in [0.25, 0.3) is 0 Å². The fourth-order valence-corrected chi connectivity index (χ4v) is 2.10. The van der Waals surface area contributed by atoms with Crippen LogP contribution in [-0.4, -0.2) is 37.3 Å². The second-order valence-electron chi connectivity index (χ2n) is 4.30. The molecule has 1 amide bonds. The third-order valence-electron chi connectivity index (χ3n) is 3.19. The highest BCUT2D eigenvalue weighted by Gasteiger charge is 2.66. The zero-order valence-electron chi connectivity index (χ0n) is 10.5. The van der Waals surface area contributed by atoms with Crippen molar-refractivity contribution < 1.29 is 32.6 Å². The molecular formula is C12H10F3NO4. The molecule has 2 rings (SSSR count). The molecule has 0 spiro atoms. The lowest BCUT2D eigenvalue weighted by molar-refractivity contribution is -0.253. The number of halogens is 3. The summed E-state index contributed by atoms with van der Waals surface area (Å²) in [7, 11) is 2.21. The smallest absolute Gasteiger partial charge is 0.430 e. The van der Waals surface area contributed by atoms with Gasteiger partial charge in [-0.05, 0) is 12.1 Å². The number of carbonyl (C=O) groups is 2. The van der Waals surface area contributed by atoms with Crippen LogP contribution in [0, 0.1) is 0 Å². The molecule has 8 heteroatoms. The summed E-state index contributed by atoms with van der Waals surface area (Å²) in [6.07, 6.45) is -5.16. The lowest BCUT2D eigenvalue weighted by Gasteiger charge is -2.24. The Morgan fingerprint density at radius 3 is 2.50 bits per heavy atom. The topological polar surface area (TPSA) is 66.8 Å². The highest BCUT2D eigenvalue weighted by Crippen LogP contribution is 2.49. The van der Waals surface area contributed by atoms with Crippen LogP contribution in [0.15, 0.2) is 18.2 Å². The molecule has 0 bridgehead atoms. The van der Waals surface area contributed by atoms with E-state index >= 15 is 0 Å². The van der Waals surface area contributed by atoms with Crippen molar-refractivity contribution in [2.75, 3.05) is 19.1 Å². The summed E-state index contributed by atoms with van der Waals surface area (Å²) < 4.78 is 43.4. The zero-order valence-corrected chi connectivity index (χ0v) is 10.5. The normalized spacial score (nSPS) is 21.9. The van der Waals surface area contributed by atoms with E-state index in [2.05, 4.69) is 4.74 Å². The van der Waals surface area contributed by atoms with Gasteiger partial charge in [-0.15, -0.1) is 0 Å². The predicted molar refractivity (Wildman–Crippen MR) is 61.1 cm³/mol. The SMILES string of the molecule is COC(=O)c1ccc2c(c1)N(C)C(=O)C2(O)C(F)(F)F. The first kappa shape index (κ1) is 14.3. The van der Waals surface area contributed by atoms with Crippen molar-refractivity contribution in [1.29, 1.82) is 0 Å². The second-order valence-corrected chi connectivity index (χ2v) is 4.30. The lowest BCUT2D eigenvalue weighted by atomic mass is 9.94. The first-order chi connectivity index (χ1) is 9.14. The van der Waals surface area contributed by atoms with Gasteiger partial charge in [-0.25, -0.2) is 4.79 Å². The Kier molecular flexibility index (Phi) is 3.01. The zero-order chi connectivity index (χ0) is 15.3. The third kappa shape index (κ3) is 1.68. The number of amides is 1. The number of nitrogens with zero attached hydrogens (tertiary/aromatic N) is 1.